The number of hydrogen-bond acceptors (Lipinski definition) is 6. The van der Waals surface area contributed by atoms with Crippen molar-refractivity contribution in [3.63, 3.8) is 0 Å². The van der Waals surface area contributed by atoms with Crippen molar-refractivity contribution in [2.45, 2.75) is 51.6 Å². The van der Waals surface area contributed by atoms with Crippen LogP contribution in [0.1, 0.15) is 60.0 Å². The Morgan fingerprint density at radius 1 is 1.13 bits per heavy atom. The van der Waals surface area contributed by atoms with Crippen molar-refractivity contribution in [3.05, 3.63) is 45.8 Å². The molecule has 208 valence electrons. The Balaban J connectivity index is 2.01. The fourth-order valence-electron chi connectivity index (χ4n) is 4.20. The molecule has 2 heterocycles. The first-order chi connectivity index (χ1) is 17.7. The van der Waals surface area contributed by atoms with E-state index in [2.05, 4.69) is 21.5 Å². The van der Waals surface area contributed by atoms with Crippen LogP contribution in [0.2, 0.25) is 0 Å². The second-order valence-corrected chi connectivity index (χ2v) is 11.6. The van der Waals surface area contributed by atoms with Crippen molar-refractivity contribution in [1.29, 1.82) is 0 Å². The molecular weight excluding hydrogens is 519 g/mol. The highest BCUT2D eigenvalue weighted by Gasteiger charge is 2.36. The van der Waals surface area contributed by atoms with Crippen molar-refractivity contribution in [1.82, 2.24) is 15.8 Å². The fourth-order valence-corrected chi connectivity index (χ4v) is 5.50. The number of carbonyl (C=O) groups excluding carboxylic acids is 3. The van der Waals surface area contributed by atoms with Crippen LogP contribution in [0.4, 0.5) is 28.7 Å². The molecule has 1 aromatic carbocycles. The number of Topliss-reactive ketones (excluding diaryl/α,β-unsaturated/α-hetero) is 1. The van der Waals surface area contributed by atoms with Gasteiger partial charge in [0.25, 0.3) is 0 Å². The number of alkyl halides is 3. The molecule has 4 N–H and O–H groups in total. The molecule has 0 radical (unpaired) electrons. The molecule has 8 nitrogen and oxygen atoms in total. The summed E-state index contributed by atoms with van der Waals surface area (Å²) in [4.78, 5) is 41.4. The minimum atomic E-state index is -4.63. The van der Waals surface area contributed by atoms with Gasteiger partial charge in [-0.05, 0) is 50.0 Å². The van der Waals surface area contributed by atoms with Gasteiger partial charge in [-0.25, -0.2) is 10.2 Å². The molecule has 1 aliphatic heterocycles. The number of halogens is 3. The third-order valence-corrected chi connectivity index (χ3v) is 7.69. The lowest BCUT2D eigenvalue weighted by Gasteiger charge is -2.22. The molecule has 0 saturated carbocycles. The molecule has 1 aromatic heterocycles. The normalized spacial score (nSPS) is 16.7. The van der Waals surface area contributed by atoms with Crippen LogP contribution >= 0.6 is 11.3 Å². The van der Waals surface area contributed by atoms with Crippen LogP contribution in [0.25, 0.3) is 0 Å². The minimum Gasteiger partial charge on any atom is -0.309 e. The summed E-state index contributed by atoms with van der Waals surface area (Å²) < 4.78 is 40.3. The Morgan fingerprint density at radius 3 is 2.45 bits per heavy atom. The number of hydrazine groups is 1. The topological polar surface area (TPSA) is 103 Å². The molecule has 38 heavy (non-hydrogen) atoms. The lowest BCUT2D eigenvalue weighted by Crippen LogP contribution is -2.38. The number of benzene rings is 1. The molecule has 3 amide bonds. The van der Waals surface area contributed by atoms with Crippen molar-refractivity contribution < 1.29 is 27.6 Å². The summed E-state index contributed by atoms with van der Waals surface area (Å²) in [7, 11) is 3.78. The standard InChI is InChI=1S/C26H34F3N5O3S/c1-25(2,3)22-20(21(36)15-10-11-19(35)33-30-14-15)16(12-13-34(4)5)23(38-22)32-24(37)31-18-9-7-6-8-17(18)26(27,28)29/h6-9,15,30H,10-14H2,1-5H3,(H,33,35)(H2,31,32,37). The predicted molar refractivity (Wildman–Crippen MR) is 143 cm³/mol. The van der Waals surface area contributed by atoms with E-state index in [4.69, 9.17) is 0 Å². The van der Waals surface area contributed by atoms with Crippen molar-refractivity contribution in [3.8, 4) is 0 Å². The molecular formula is C26H34F3N5O3S. The van der Waals surface area contributed by atoms with Gasteiger partial charge in [-0.3, -0.25) is 20.3 Å². The highest BCUT2D eigenvalue weighted by Crippen LogP contribution is 2.43. The van der Waals surface area contributed by atoms with Crippen LogP contribution in [-0.2, 0) is 22.8 Å². The number of ketones is 1. The van der Waals surface area contributed by atoms with Crippen LogP contribution in [0.15, 0.2) is 24.3 Å². The lowest BCUT2D eigenvalue weighted by atomic mass is 9.84. The van der Waals surface area contributed by atoms with Gasteiger partial charge in [0, 0.05) is 35.9 Å². The highest BCUT2D eigenvalue weighted by molar-refractivity contribution is 7.17. The van der Waals surface area contributed by atoms with Gasteiger partial charge in [0.2, 0.25) is 5.91 Å². The van der Waals surface area contributed by atoms with Gasteiger partial charge in [-0.1, -0.05) is 32.9 Å². The maximum Gasteiger partial charge on any atom is 0.418 e. The average Bonchev–Trinajstić information content (AvgIpc) is 3.02. The first kappa shape index (κ1) is 29.6. The number of hydrogen-bond donors (Lipinski definition) is 4. The average molecular weight is 554 g/mol. The van der Waals surface area contributed by atoms with E-state index in [0.29, 0.717) is 35.5 Å². The smallest absolute Gasteiger partial charge is 0.309 e. The summed E-state index contributed by atoms with van der Waals surface area (Å²) in [6.45, 7) is 6.74. The fraction of sp³-hybridized carbons (Fsp3) is 0.500. The van der Waals surface area contributed by atoms with Gasteiger partial charge in [0.15, 0.2) is 5.78 Å². The Hall–Kier alpha value is -2.96. The van der Waals surface area contributed by atoms with Gasteiger partial charge < -0.3 is 10.2 Å². The number of anilines is 2. The predicted octanol–water partition coefficient (Wildman–Crippen LogP) is 5.03. The van der Waals surface area contributed by atoms with E-state index in [1.165, 1.54) is 29.5 Å². The monoisotopic (exact) mass is 553 g/mol. The van der Waals surface area contributed by atoms with Gasteiger partial charge in [-0.15, -0.1) is 11.3 Å². The number of likely N-dealkylation sites (N-methyl/N-ethyl adjacent to an activating group) is 1. The number of nitrogens with zero attached hydrogens (tertiary/aromatic N) is 1. The van der Waals surface area contributed by atoms with E-state index >= 15 is 0 Å². The molecule has 1 atom stereocenters. The Morgan fingerprint density at radius 2 is 1.82 bits per heavy atom. The summed E-state index contributed by atoms with van der Waals surface area (Å²) in [6.07, 6.45) is -3.61. The Labute approximate surface area is 224 Å². The maximum absolute atomic E-state index is 13.9. The third-order valence-electron chi connectivity index (χ3n) is 6.12. The first-order valence-electron chi connectivity index (χ1n) is 12.3. The lowest BCUT2D eigenvalue weighted by molar-refractivity contribution is -0.137. The van der Waals surface area contributed by atoms with E-state index in [9.17, 15) is 27.6 Å². The molecule has 1 unspecified atom stereocenters. The van der Waals surface area contributed by atoms with Crippen LogP contribution in [0, 0.1) is 5.92 Å². The van der Waals surface area contributed by atoms with E-state index in [1.54, 1.807) is 0 Å². The van der Waals surface area contributed by atoms with E-state index in [1.807, 2.05) is 39.8 Å². The molecule has 0 bridgehead atoms. The number of amides is 3. The number of urea groups is 1. The molecule has 12 heteroatoms. The van der Waals surface area contributed by atoms with Gasteiger partial charge in [-0.2, -0.15) is 13.2 Å². The molecule has 1 aliphatic rings. The maximum atomic E-state index is 13.9. The molecule has 0 spiro atoms. The number of rotatable bonds is 7. The first-order valence-corrected chi connectivity index (χ1v) is 13.1. The zero-order valence-electron chi connectivity index (χ0n) is 22.1. The van der Waals surface area contributed by atoms with E-state index < -0.39 is 29.1 Å². The number of para-hydroxylation sites is 1. The third kappa shape index (κ3) is 7.33. The second-order valence-electron chi connectivity index (χ2n) is 10.6. The van der Waals surface area contributed by atoms with Crippen LogP contribution in [-0.4, -0.2) is 49.8 Å². The summed E-state index contributed by atoms with van der Waals surface area (Å²) in [5.74, 6) is -0.768. The van der Waals surface area contributed by atoms with Crippen molar-refractivity contribution in [2.24, 2.45) is 5.92 Å². The molecule has 2 aromatic rings. The number of carbonyl (C=O) groups is 3. The molecule has 1 fully saturated rings. The molecule has 3 rings (SSSR count). The van der Waals surface area contributed by atoms with Gasteiger partial charge >= 0.3 is 12.2 Å². The van der Waals surface area contributed by atoms with Crippen LogP contribution < -0.4 is 21.5 Å². The summed E-state index contributed by atoms with van der Waals surface area (Å²) >= 11 is 1.25. The van der Waals surface area contributed by atoms with Gasteiger partial charge in [0.05, 0.1) is 11.3 Å². The van der Waals surface area contributed by atoms with E-state index in [-0.39, 0.29) is 30.3 Å². The van der Waals surface area contributed by atoms with E-state index in [0.717, 1.165) is 10.9 Å². The quantitative estimate of drug-likeness (QED) is 0.361. The Bertz CT molecular complexity index is 1190. The Kier molecular flexibility index (Phi) is 9.21. The molecule has 1 saturated heterocycles. The summed E-state index contributed by atoms with van der Waals surface area (Å²) in [6, 6.07) is 3.92. The summed E-state index contributed by atoms with van der Waals surface area (Å²) in [5.41, 5.74) is 4.76. The number of nitrogens with one attached hydrogen (secondary N) is 4. The van der Waals surface area contributed by atoms with Crippen LogP contribution in [0.5, 0.6) is 0 Å². The minimum absolute atomic E-state index is 0.125. The zero-order valence-corrected chi connectivity index (χ0v) is 23.0. The highest BCUT2D eigenvalue weighted by atomic mass is 32.1. The zero-order chi connectivity index (χ0) is 28.3. The second kappa shape index (κ2) is 11.8. The van der Waals surface area contributed by atoms with Crippen molar-refractivity contribution >= 4 is 39.7 Å². The van der Waals surface area contributed by atoms with Crippen molar-refractivity contribution in [2.75, 3.05) is 37.8 Å². The largest absolute Gasteiger partial charge is 0.418 e. The summed E-state index contributed by atoms with van der Waals surface area (Å²) in [5, 5.41) is 5.45. The van der Waals surface area contributed by atoms with Crippen LogP contribution in [0.3, 0.4) is 0 Å². The molecule has 0 aliphatic carbocycles. The SMILES string of the molecule is CN(C)CCc1c(NC(=O)Nc2ccccc2C(F)(F)F)sc(C(C)(C)C)c1C(=O)C1CCC(=O)NNC1. The number of thiophene rings is 1. The van der Waals surface area contributed by atoms with Gasteiger partial charge in [0.1, 0.15) is 5.00 Å².